The second-order valence-electron chi connectivity index (χ2n) is 5.70. The third kappa shape index (κ3) is 4.93. The van der Waals surface area contributed by atoms with Gasteiger partial charge in [0.25, 0.3) is 0 Å². The molecule has 0 aromatic carbocycles. The van der Waals surface area contributed by atoms with Crippen LogP contribution in [-0.2, 0) is 4.74 Å². The fourth-order valence-corrected chi connectivity index (χ4v) is 2.91. The Labute approximate surface area is 112 Å². The molecule has 2 fully saturated rings. The number of nitrogens with one attached hydrogen (secondary N) is 1. The third-order valence-electron chi connectivity index (χ3n) is 4.19. The first-order valence-electron chi connectivity index (χ1n) is 7.08. The van der Waals surface area contributed by atoms with Gasteiger partial charge in [0.2, 0.25) is 0 Å². The van der Waals surface area contributed by atoms with Crippen LogP contribution in [0.25, 0.3) is 0 Å². The Morgan fingerprint density at radius 2 is 1.89 bits per heavy atom. The summed E-state index contributed by atoms with van der Waals surface area (Å²) in [5.41, 5.74) is 0. The van der Waals surface area contributed by atoms with Crippen molar-refractivity contribution >= 4 is 0 Å². The molecule has 3 nitrogen and oxygen atoms in total. The van der Waals surface area contributed by atoms with Crippen molar-refractivity contribution in [2.24, 2.45) is 5.92 Å². The van der Waals surface area contributed by atoms with Crippen molar-refractivity contribution in [3.63, 3.8) is 0 Å². The van der Waals surface area contributed by atoms with Crippen molar-refractivity contribution < 1.29 is 17.9 Å². The van der Waals surface area contributed by atoms with Gasteiger partial charge in [0, 0.05) is 19.2 Å². The van der Waals surface area contributed by atoms with Gasteiger partial charge in [-0.1, -0.05) is 0 Å². The van der Waals surface area contributed by atoms with Crippen LogP contribution in [0.3, 0.4) is 0 Å². The van der Waals surface area contributed by atoms with E-state index in [0.717, 1.165) is 32.4 Å². The highest BCUT2D eigenvalue weighted by atomic mass is 19.4. The second kappa shape index (κ2) is 6.41. The number of piperidine rings is 1. The fourth-order valence-electron chi connectivity index (χ4n) is 2.91. The highest BCUT2D eigenvalue weighted by Crippen LogP contribution is 2.22. The normalized spacial score (nSPS) is 30.9. The van der Waals surface area contributed by atoms with Crippen LogP contribution in [0.1, 0.15) is 26.2 Å². The number of ether oxygens (including phenoxy) is 1. The molecule has 112 valence electrons. The Kier molecular flexibility index (Phi) is 5.09. The lowest BCUT2D eigenvalue weighted by atomic mass is 10.00. The van der Waals surface area contributed by atoms with Crippen LogP contribution in [0.5, 0.6) is 0 Å². The topological polar surface area (TPSA) is 24.5 Å². The Bertz CT molecular complexity index is 278. The summed E-state index contributed by atoms with van der Waals surface area (Å²) in [4.78, 5) is 1.50. The van der Waals surface area contributed by atoms with E-state index in [4.69, 9.17) is 4.74 Å². The molecule has 0 aliphatic carbocycles. The zero-order valence-electron chi connectivity index (χ0n) is 11.4. The first kappa shape index (κ1) is 15.1. The molecule has 6 heteroatoms. The zero-order chi connectivity index (χ0) is 13.9. The predicted molar refractivity (Wildman–Crippen MR) is 67.0 cm³/mol. The van der Waals surface area contributed by atoms with Crippen molar-refractivity contribution in [3.8, 4) is 0 Å². The highest BCUT2D eigenvalue weighted by molar-refractivity contribution is 4.81. The van der Waals surface area contributed by atoms with Crippen molar-refractivity contribution in [2.75, 3.05) is 32.8 Å². The Morgan fingerprint density at radius 1 is 1.21 bits per heavy atom. The lowest BCUT2D eigenvalue weighted by Gasteiger charge is -2.33. The highest BCUT2D eigenvalue weighted by Gasteiger charge is 2.32. The molecule has 2 saturated heterocycles. The number of nitrogens with zero attached hydrogens (tertiary/aromatic N) is 1. The molecule has 2 rings (SSSR count). The molecule has 0 aromatic rings. The lowest BCUT2D eigenvalue weighted by Crippen LogP contribution is -2.46. The SMILES string of the molecule is CC1OCCC1CNC1CCN(CC(F)(F)F)CC1. The molecular formula is C13H23F3N2O. The molecule has 2 atom stereocenters. The summed E-state index contributed by atoms with van der Waals surface area (Å²) in [5.74, 6) is 0.549. The molecule has 2 unspecified atom stereocenters. The zero-order valence-corrected chi connectivity index (χ0v) is 11.4. The van der Waals surface area contributed by atoms with Crippen LogP contribution >= 0.6 is 0 Å². The molecule has 0 bridgehead atoms. The molecule has 1 N–H and O–H groups in total. The van der Waals surface area contributed by atoms with Crippen molar-refractivity contribution in [2.45, 2.75) is 44.5 Å². The van der Waals surface area contributed by atoms with E-state index in [-0.39, 0.29) is 0 Å². The number of rotatable bonds is 4. The minimum atomic E-state index is -4.07. The Balaban J connectivity index is 1.63. The smallest absolute Gasteiger partial charge is 0.378 e. The van der Waals surface area contributed by atoms with Crippen LogP contribution in [-0.4, -0.2) is 56.0 Å². The number of hydrogen-bond donors (Lipinski definition) is 1. The van der Waals surface area contributed by atoms with Gasteiger partial charge in [0.1, 0.15) is 0 Å². The summed E-state index contributed by atoms with van der Waals surface area (Å²) in [5, 5.41) is 3.49. The number of likely N-dealkylation sites (tertiary alicyclic amines) is 1. The summed E-state index contributed by atoms with van der Waals surface area (Å²) in [6.07, 6.45) is -1.08. The summed E-state index contributed by atoms with van der Waals surface area (Å²) in [7, 11) is 0. The lowest BCUT2D eigenvalue weighted by molar-refractivity contribution is -0.148. The summed E-state index contributed by atoms with van der Waals surface area (Å²) < 4.78 is 42.3. The van der Waals surface area contributed by atoms with Gasteiger partial charge >= 0.3 is 6.18 Å². The molecule has 2 aliphatic heterocycles. The molecule has 2 heterocycles. The summed E-state index contributed by atoms with van der Waals surface area (Å²) >= 11 is 0. The van der Waals surface area contributed by atoms with Gasteiger partial charge in [-0.3, -0.25) is 4.90 Å². The van der Waals surface area contributed by atoms with Gasteiger partial charge in [-0.15, -0.1) is 0 Å². The maximum absolute atomic E-state index is 12.3. The molecule has 0 saturated carbocycles. The monoisotopic (exact) mass is 280 g/mol. The summed E-state index contributed by atoms with van der Waals surface area (Å²) in [6, 6.07) is 0.359. The van der Waals surface area contributed by atoms with Crippen molar-refractivity contribution in [1.29, 1.82) is 0 Å². The average molecular weight is 280 g/mol. The van der Waals surface area contributed by atoms with Gasteiger partial charge < -0.3 is 10.1 Å². The van der Waals surface area contributed by atoms with E-state index in [1.54, 1.807) is 0 Å². The molecule has 0 amide bonds. The van der Waals surface area contributed by atoms with Crippen molar-refractivity contribution in [1.82, 2.24) is 10.2 Å². The predicted octanol–water partition coefficient (Wildman–Crippen LogP) is 2.03. The summed E-state index contributed by atoms with van der Waals surface area (Å²) in [6.45, 7) is 4.14. The second-order valence-corrected chi connectivity index (χ2v) is 5.70. The molecule has 19 heavy (non-hydrogen) atoms. The van der Waals surface area contributed by atoms with Gasteiger partial charge in [-0.25, -0.2) is 0 Å². The number of hydrogen-bond acceptors (Lipinski definition) is 3. The van der Waals surface area contributed by atoms with E-state index in [1.165, 1.54) is 4.90 Å². The minimum Gasteiger partial charge on any atom is -0.378 e. The van der Waals surface area contributed by atoms with E-state index in [2.05, 4.69) is 12.2 Å². The third-order valence-corrected chi connectivity index (χ3v) is 4.19. The molecule has 0 spiro atoms. The maximum Gasteiger partial charge on any atom is 0.401 e. The quantitative estimate of drug-likeness (QED) is 0.853. The fraction of sp³-hybridized carbons (Fsp3) is 1.00. The van der Waals surface area contributed by atoms with E-state index in [0.29, 0.717) is 31.2 Å². The van der Waals surface area contributed by atoms with Crippen LogP contribution in [0.15, 0.2) is 0 Å². The number of alkyl halides is 3. The van der Waals surface area contributed by atoms with Gasteiger partial charge in [0.05, 0.1) is 12.6 Å². The number of halogens is 3. The standard InChI is InChI=1S/C13H23F3N2O/c1-10-11(4-7-19-10)8-17-12-2-5-18(6-3-12)9-13(14,15)16/h10-12,17H,2-9H2,1H3. The molecule has 0 radical (unpaired) electrons. The first-order chi connectivity index (χ1) is 8.94. The molecular weight excluding hydrogens is 257 g/mol. The van der Waals surface area contributed by atoms with Gasteiger partial charge in [-0.05, 0) is 45.2 Å². The van der Waals surface area contributed by atoms with E-state index >= 15 is 0 Å². The van der Waals surface area contributed by atoms with E-state index in [9.17, 15) is 13.2 Å². The van der Waals surface area contributed by atoms with Crippen LogP contribution < -0.4 is 5.32 Å². The molecule has 2 aliphatic rings. The Hall–Kier alpha value is -0.330. The van der Waals surface area contributed by atoms with Gasteiger partial charge in [0.15, 0.2) is 0 Å². The van der Waals surface area contributed by atoms with E-state index in [1.807, 2.05) is 0 Å². The Morgan fingerprint density at radius 3 is 2.42 bits per heavy atom. The van der Waals surface area contributed by atoms with Crippen LogP contribution in [0.2, 0.25) is 0 Å². The average Bonchev–Trinajstić information content (AvgIpc) is 2.72. The van der Waals surface area contributed by atoms with Crippen LogP contribution in [0, 0.1) is 5.92 Å². The van der Waals surface area contributed by atoms with E-state index < -0.39 is 12.7 Å². The van der Waals surface area contributed by atoms with Gasteiger partial charge in [-0.2, -0.15) is 13.2 Å². The largest absolute Gasteiger partial charge is 0.401 e. The minimum absolute atomic E-state index is 0.304. The molecule has 0 aromatic heterocycles. The maximum atomic E-state index is 12.3. The first-order valence-corrected chi connectivity index (χ1v) is 7.08. The van der Waals surface area contributed by atoms with Crippen LogP contribution in [0.4, 0.5) is 13.2 Å². The van der Waals surface area contributed by atoms with Crippen molar-refractivity contribution in [3.05, 3.63) is 0 Å².